The number of rotatable bonds is 2. The standard InChI is InChI=1S/C15H14Br2N2O3S2/c16-9-1-2-11(10(17)7-9)19-13(20)8-12(14(19)21)24-15(23)18-3-5-22-6-4-18/h1-2,7,12H,3-6,8H2/t12-/m0/s1. The summed E-state index contributed by atoms with van der Waals surface area (Å²) in [4.78, 5) is 28.4. The molecule has 3 rings (SSSR count). The first-order valence-electron chi connectivity index (χ1n) is 7.32. The molecule has 1 atom stereocenters. The van der Waals surface area contributed by atoms with Crippen LogP contribution in [0.3, 0.4) is 0 Å². The lowest BCUT2D eigenvalue weighted by Crippen LogP contribution is -2.39. The van der Waals surface area contributed by atoms with Crippen LogP contribution < -0.4 is 4.90 Å². The molecule has 2 saturated heterocycles. The van der Waals surface area contributed by atoms with E-state index < -0.39 is 5.25 Å². The Kier molecular flexibility index (Phi) is 5.97. The Balaban J connectivity index is 1.73. The van der Waals surface area contributed by atoms with Crippen LogP contribution in [-0.4, -0.2) is 52.6 Å². The lowest BCUT2D eigenvalue weighted by atomic mass is 10.3. The van der Waals surface area contributed by atoms with Crippen molar-refractivity contribution in [3.8, 4) is 0 Å². The fraction of sp³-hybridized carbons (Fsp3) is 0.400. The molecule has 1 aromatic rings. The van der Waals surface area contributed by atoms with Gasteiger partial charge in [0.05, 0.1) is 18.9 Å². The van der Waals surface area contributed by atoms with E-state index >= 15 is 0 Å². The van der Waals surface area contributed by atoms with Crippen molar-refractivity contribution in [3.05, 3.63) is 27.1 Å². The van der Waals surface area contributed by atoms with E-state index in [4.69, 9.17) is 17.0 Å². The van der Waals surface area contributed by atoms with Crippen LogP contribution in [0.15, 0.2) is 27.1 Å². The predicted octanol–water partition coefficient (Wildman–Crippen LogP) is 3.19. The highest BCUT2D eigenvalue weighted by Gasteiger charge is 2.41. The number of hydrogen-bond donors (Lipinski definition) is 0. The quantitative estimate of drug-likeness (QED) is 0.465. The number of anilines is 1. The maximum Gasteiger partial charge on any atom is 0.247 e. The van der Waals surface area contributed by atoms with Crippen molar-refractivity contribution in [1.29, 1.82) is 0 Å². The molecular formula is C15H14Br2N2O3S2. The van der Waals surface area contributed by atoms with Crippen molar-refractivity contribution in [2.45, 2.75) is 11.7 Å². The first-order valence-corrected chi connectivity index (χ1v) is 10.2. The van der Waals surface area contributed by atoms with E-state index in [1.54, 1.807) is 12.1 Å². The van der Waals surface area contributed by atoms with Gasteiger partial charge in [-0.3, -0.25) is 9.59 Å². The van der Waals surface area contributed by atoms with E-state index in [2.05, 4.69) is 31.9 Å². The average molecular weight is 494 g/mol. The molecule has 0 bridgehead atoms. The second-order valence-electron chi connectivity index (χ2n) is 5.34. The van der Waals surface area contributed by atoms with Gasteiger partial charge >= 0.3 is 0 Å². The summed E-state index contributed by atoms with van der Waals surface area (Å²) in [5.41, 5.74) is 0.564. The van der Waals surface area contributed by atoms with Crippen molar-refractivity contribution in [3.63, 3.8) is 0 Å². The van der Waals surface area contributed by atoms with E-state index in [1.165, 1.54) is 16.7 Å². The molecule has 2 fully saturated rings. The number of hydrogen-bond acceptors (Lipinski definition) is 5. The number of halogens is 2. The third kappa shape index (κ3) is 3.85. The molecule has 0 saturated carbocycles. The van der Waals surface area contributed by atoms with E-state index in [1.807, 2.05) is 11.0 Å². The summed E-state index contributed by atoms with van der Waals surface area (Å²) in [6.07, 6.45) is 0.163. The summed E-state index contributed by atoms with van der Waals surface area (Å²) in [7, 11) is 0. The van der Waals surface area contributed by atoms with E-state index in [0.29, 0.717) is 27.7 Å². The third-order valence-corrected chi connectivity index (χ3v) is 6.56. The Bertz CT molecular complexity index is 695. The maximum absolute atomic E-state index is 12.7. The molecule has 1 aromatic carbocycles. The summed E-state index contributed by atoms with van der Waals surface area (Å²) in [6.45, 7) is 2.72. The van der Waals surface area contributed by atoms with Gasteiger partial charge in [-0.1, -0.05) is 39.9 Å². The molecule has 0 radical (unpaired) electrons. The molecule has 0 N–H and O–H groups in total. The van der Waals surface area contributed by atoms with Crippen molar-refractivity contribution in [2.75, 3.05) is 31.2 Å². The van der Waals surface area contributed by atoms with Crippen molar-refractivity contribution in [1.82, 2.24) is 4.90 Å². The lowest BCUT2D eigenvalue weighted by molar-refractivity contribution is -0.121. The minimum atomic E-state index is -0.469. The number of thiocarbonyl (C=S) groups is 1. The minimum Gasteiger partial charge on any atom is -0.378 e. The van der Waals surface area contributed by atoms with E-state index in [9.17, 15) is 9.59 Å². The number of benzene rings is 1. The molecule has 2 aliphatic rings. The number of ether oxygens (including phenoxy) is 1. The maximum atomic E-state index is 12.7. The average Bonchev–Trinajstić information content (AvgIpc) is 2.83. The van der Waals surface area contributed by atoms with Crippen molar-refractivity contribution >= 4 is 77.7 Å². The van der Waals surface area contributed by atoms with Gasteiger partial charge in [0, 0.05) is 28.5 Å². The monoisotopic (exact) mass is 492 g/mol. The van der Waals surface area contributed by atoms with Crippen LogP contribution in [0.4, 0.5) is 5.69 Å². The SMILES string of the molecule is O=C1C[C@H](SC(=S)N2CCOCC2)C(=O)N1c1ccc(Br)cc1Br. The van der Waals surface area contributed by atoms with Gasteiger partial charge in [0.2, 0.25) is 11.8 Å². The number of carbonyl (C=O) groups is 2. The number of imide groups is 1. The molecule has 0 spiro atoms. The molecule has 2 heterocycles. The summed E-state index contributed by atoms with van der Waals surface area (Å²) in [6, 6.07) is 5.37. The zero-order valence-electron chi connectivity index (χ0n) is 12.5. The first kappa shape index (κ1) is 18.3. The Hall–Kier alpha value is -0.480. The molecule has 2 amide bonds. The highest BCUT2D eigenvalue weighted by atomic mass is 79.9. The second kappa shape index (κ2) is 7.82. The van der Waals surface area contributed by atoms with Gasteiger partial charge in [0.15, 0.2) is 0 Å². The van der Waals surface area contributed by atoms with Crippen LogP contribution in [0.25, 0.3) is 0 Å². The van der Waals surface area contributed by atoms with Crippen LogP contribution in [0, 0.1) is 0 Å². The van der Waals surface area contributed by atoms with Gasteiger partial charge in [-0.25, -0.2) is 4.90 Å². The van der Waals surface area contributed by atoms with Crippen LogP contribution in [0.1, 0.15) is 6.42 Å². The highest BCUT2D eigenvalue weighted by Crippen LogP contribution is 2.36. The Morgan fingerprint density at radius 2 is 1.96 bits per heavy atom. The zero-order chi connectivity index (χ0) is 17.3. The number of amides is 2. The van der Waals surface area contributed by atoms with Crippen LogP contribution >= 0.6 is 55.8 Å². The summed E-state index contributed by atoms with van der Waals surface area (Å²) >= 11 is 13.5. The Morgan fingerprint density at radius 3 is 2.62 bits per heavy atom. The molecule has 0 aliphatic carbocycles. The molecule has 2 aliphatic heterocycles. The molecule has 0 unspecified atom stereocenters. The van der Waals surface area contributed by atoms with E-state index in [0.717, 1.165) is 17.6 Å². The molecule has 0 aromatic heterocycles. The highest BCUT2D eigenvalue weighted by molar-refractivity contribution is 9.11. The number of nitrogens with zero attached hydrogens (tertiary/aromatic N) is 2. The van der Waals surface area contributed by atoms with Gasteiger partial charge in [0.25, 0.3) is 0 Å². The number of morpholine rings is 1. The van der Waals surface area contributed by atoms with Crippen LogP contribution in [0.2, 0.25) is 0 Å². The Morgan fingerprint density at radius 1 is 1.25 bits per heavy atom. The molecule has 5 nitrogen and oxygen atoms in total. The topological polar surface area (TPSA) is 49.9 Å². The second-order valence-corrected chi connectivity index (χ2v) is 8.95. The molecule has 128 valence electrons. The van der Waals surface area contributed by atoms with Crippen LogP contribution in [0.5, 0.6) is 0 Å². The normalized spacial score (nSPS) is 21.5. The first-order chi connectivity index (χ1) is 11.5. The van der Waals surface area contributed by atoms with E-state index in [-0.39, 0.29) is 18.2 Å². The predicted molar refractivity (Wildman–Crippen MR) is 105 cm³/mol. The summed E-state index contributed by atoms with van der Waals surface area (Å²) < 4.78 is 7.53. The lowest BCUT2D eigenvalue weighted by Gasteiger charge is -2.29. The van der Waals surface area contributed by atoms with Crippen LogP contribution in [-0.2, 0) is 14.3 Å². The molecule has 24 heavy (non-hydrogen) atoms. The fourth-order valence-electron chi connectivity index (χ4n) is 2.55. The molecule has 9 heteroatoms. The van der Waals surface area contributed by atoms with Gasteiger partial charge in [-0.2, -0.15) is 0 Å². The number of thioether (sulfide) groups is 1. The largest absolute Gasteiger partial charge is 0.378 e. The number of carbonyl (C=O) groups excluding carboxylic acids is 2. The van der Waals surface area contributed by atoms with Gasteiger partial charge in [0.1, 0.15) is 9.57 Å². The summed E-state index contributed by atoms with van der Waals surface area (Å²) in [5.74, 6) is -0.422. The van der Waals surface area contributed by atoms with Gasteiger partial charge in [-0.05, 0) is 34.1 Å². The summed E-state index contributed by atoms with van der Waals surface area (Å²) in [5, 5.41) is -0.469. The third-order valence-electron chi connectivity index (χ3n) is 3.77. The van der Waals surface area contributed by atoms with Gasteiger partial charge < -0.3 is 9.64 Å². The smallest absolute Gasteiger partial charge is 0.247 e. The molecular weight excluding hydrogens is 480 g/mol. The fourth-order valence-corrected chi connectivity index (χ4v) is 5.32. The minimum absolute atomic E-state index is 0.163. The van der Waals surface area contributed by atoms with Crippen molar-refractivity contribution < 1.29 is 14.3 Å². The Labute approximate surface area is 166 Å². The van der Waals surface area contributed by atoms with Crippen molar-refractivity contribution in [2.24, 2.45) is 0 Å². The zero-order valence-corrected chi connectivity index (χ0v) is 17.3. The van der Waals surface area contributed by atoms with Gasteiger partial charge in [-0.15, -0.1) is 0 Å².